The third-order valence-corrected chi connectivity index (χ3v) is 7.73. The molecule has 6 nitrogen and oxygen atoms in total. The SMILES string of the molecule is CCS(=O)(=O)c1cccc(Oc2cccc(-c3c(Cc4ccccc4)nn4c(C(F)(F)F)ccnc34)c2)c1. The minimum Gasteiger partial charge on any atom is -0.457 e. The van der Waals surface area contributed by atoms with E-state index in [9.17, 15) is 21.6 Å². The summed E-state index contributed by atoms with van der Waals surface area (Å²) in [4.78, 5) is 4.39. The number of hydrogen-bond acceptors (Lipinski definition) is 5. The van der Waals surface area contributed by atoms with Gasteiger partial charge in [0, 0.05) is 12.6 Å². The van der Waals surface area contributed by atoms with Gasteiger partial charge >= 0.3 is 6.18 Å². The Balaban J connectivity index is 1.61. The van der Waals surface area contributed by atoms with Crippen molar-refractivity contribution >= 4 is 15.5 Å². The standard InChI is InChI=1S/C28H22F3N3O3S/c1-2-38(35,36)23-13-7-12-22(18-23)37-21-11-6-10-20(17-21)26-24(16-19-8-4-3-5-9-19)33-34-25(28(29,30)31)14-15-32-27(26)34/h3-15,17-18H,2,16H2,1H3. The van der Waals surface area contributed by atoms with Gasteiger partial charge < -0.3 is 4.74 Å². The average molecular weight is 538 g/mol. The topological polar surface area (TPSA) is 73.6 Å². The molecule has 0 spiro atoms. The van der Waals surface area contributed by atoms with E-state index < -0.39 is 21.7 Å². The van der Waals surface area contributed by atoms with Crippen LogP contribution >= 0.6 is 0 Å². The molecule has 0 amide bonds. The average Bonchev–Trinajstić information content (AvgIpc) is 3.26. The molecule has 5 rings (SSSR count). The Hall–Kier alpha value is -4.18. The second-order valence-corrected chi connectivity index (χ2v) is 10.8. The molecule has 0 bridgehead atoms. The summed E-state index contributed by atoms with van der Waals surface area (Å²) < 4.78 is 72.7. The van der Waals surface area contributed by atoms with E-state index >= 15 is 0 Å². The molecule has 10 heteroatoms. The maximum Gasteiger partial charge on any atom is 0.433 e. The highest BCUT2D eigenvalue weighted by molar-refractivity contribution is 7.91. The van der Waals surface area contributed by atoms with Gasteiger partial charge in [0.2, 0.25) is 0 Å². The molecule has 2 aromatic heterocycles. The number of sulfone groups is 1. The van der Waals surface area contributed by atoms with E-state index in [4.69, 9.17) is 4.74 Å². The Kier molecular flexibility index (Phi) is 6.66. The first-order valence-corrected chi connectivity index (χ1v) is 13.4. The molecule has 0 saturated carbocycles. The molecular weight excluding hydrogens is 515 g/mol. The predicted octanol–water partition coefficient (Wildman–Crippen LogP) is 6.59. The van der Waals surface area contributed by atoms with Crippen LogP contribution in [0.15, 0.2) is 96.0 Å². The lowest BCUT2D eigenvalue weighted by molar-refractivity contribution is -0.142. The molecule has 38 heavy (non-hydrogen) atoms. The van der Waals surface area contributed by atoms with Crippen molar-refractivity contribution in [1.29, 1.82) is 0 Å². The summed E-state index contributed by atoms with van der Waals surface area (Å²) in [7, 11) is -3.42. The second-order valence-electron chi connectivity index (χ2n) is 8.56. The van der Waals surface area contributed by atoms with Crippen LogP contribution in [0.1, 0.15) is 23.9 Å². The van der Waals surface area contributed by atoms with E-state index in [1.54, 1.807) is 43.3 Å². The summed E-state index contributed by atoms with van der Waals surface area (Å²) in [6, 6.07) is 23.2. The van der Waals surface area contributed by atoms with Crippen LogP contribution in [0.4, 0.5) is 13.2 Å². The van der Waals surface area contributed by atoms with Gasteiger partial charge in [-0.15, -0.1) is 0 Å². The van der Waals surface area contributed by atoms with Crippen molar-refractivity contribution in [2.45, 2.75) is 24.4 Å². The molecule has 194 valence electrons. The predicted molar refractivity (Wildman–Crippen MR) is 137 cm³/mol. The number of alkyl halides is 3. The third-order valence-electron chi connectivity index (χ3n) is 6.00. The fraction of sp³-hybridized carbons (Fsp3) is 0.143. The van der Waals surface area contributed by atoms with Gasteiger partial charge in [0.05, 0.1) is 21.9 Å². The van der Waals surface area contributed by atoms with Crippen molar-refractivity contribution in [2.24, 2.45) is 0 Å². The zero-order chi connectivity index (χ0) is 26.9. The molecule has 0 aliphatic heterocycles. The summed E-state index contributed by atoms with van der Waals surface area (Å²) in [6.07, 6.45) is -3.21. The van der Waals surface area contributed by atoms with Crippen LogP contribution in [-0.4, -0.2) is 28.8 Å². The van der Waals surface area contributed by atoms with Gasteiger partial charge in [0.25, 0.3) is 0 Å². The van der Waals surface area contributed by atoms with Gasteiger partial charge in [0.1, 0.15) is 17.2 Å². The Morgan fingerprint density at radius 2 is 1.61 bits per heavy atom. The second kappa shape index (κ2) is 9.94. The van der Waals surface area contributed by atoms with E-state index in [1.165, 1.54) is 12.1 Å². The molecule has 5 aromatic rings. The van der Waals surface area contributed by atoms with Crippen LogP contribution in [-0.2, 0) is 22.4 Å². The molecule has 3 aromatic carbocycles. The van der Waals surface area contributed by atoms with Crippen LogP contribution < -0.4 is 4.74 Å². The number of hydrogen-bond donors (Lipinski definition) is 0. The first-order valence-electron chi connectivity index (χ1n) is 11.7. The lowest BCUT2D eigenvalue weighted by Gasteiger charge is -2.10. The number of halogens is 3. The van der Waals surface area contributed by atoms with E-state index in [-0.39, 0.29) is 16.3 Å². The molecule has 0 radical (unpaired) electrons. The van der Waals surface area contributed by atoms with Crippen LogP contribution in [0.3, 0.4) is 0 Å². The summed E-state index contributed by atoms with van der Waals surface area (Å²) in [5, 5.41) is 4.34. The number of benzene rings is 3. The molecule has 2 heterocycles. The lowest BCUT2D eigenvalue weighted by atomic mass is 10.0. The molecule has 0 aliphatic rings. The van der Waals surface area contributed by atoms with Gasteiger partial charge in [0.15, 0.2) is 15.5 Å². The highest BCUT2D eigenvalue weighted by Crippen LogP contribution is 2.36. The normalized spacial score (nSPS) is 12.1. The monoisotopic (exact) mass is 537 g/mol. The molecule has 0 atom stereocenters. The van der Waals surface area contributed by atoms with Gasteiger partial charge in [-0.2, -0.15) is 18.3 Å². The van der Waals surface area contributed by atoms with Crippen LogP contribution in [0.25, 0.3) is 16.8 Å². The van der Waals surface area contributed by atoms with Gasteiger partial charge in [-0.25, -0.2) is 17.9 Å². The summed E-state index contributed by atoms with van der Waals surface area (Å²) in [5.74, 6) is 0.654. The maximum atomic E-state index is 13.8. The maximum absolute atomic E-state index is 13.8. The minimum absolute atomic E-state index is 0.0439. The van der Waals surface area contributed by atoms with Crippen LogP contribution in [0.5, 0.6) is 11.5 Å². The number of aromatic nitrogens is 3. The third kappa shape index (κ3) is 5.12. The lowest BCUT2D eigenvalue weighted by Crippen LogP contribution is -2.12. The quantitative estimate of drug-likeness (QED) is 0.234. The Bertz CT molecular complexity index is 1720. The van der Waals surface area contributed by atoms with Crippen molar-refractivity contribution in [3.8, 4) is 22.6 Å². The van der Waals surface area contributed by atoms with Crippen molar-refractivity contribution in [1.82, 2.24) is 14.6 Å². The molecule has 0 N–H and O–H groups in total. The smallest absolute Gasteiger partial charge is 0.433 e. The highest BCUT2D eigenvalue weighted by atomic mass is 32.2. The van der Waals surface area contributed by atoms with Gasteiger partial charge in [-0.05, 0) is 47.5 Å². The summed E-state index contributed by atoms with van der Waals surface area (Å²) in [5.41, 5.74) is 1.46. The number of rotatable bonds is 7. The summed E-state index contributed by atoms with van der Waals surface area (Å²) in [6.45, 7) is 1.56. The van der Waals surface area contributed by atoms with Crippen molar-refractivity contribution < 1.29 is 26.3 Å². The fourth-order valence-electron chi connectivity index (χ4n) is 4.16. The number of ether oxygens (including phenoxy) is 1. The molecule has 0 saturated heterocycles. The molecule has 0 aliphatic carbocycles. The fourth-order valence-corrected chi connectivity index (χ4v) is 5.08. The van der Waals surface area contributed by atoms with E-state index in [2.05, 4.69) is 10.1 Å². The zero-order valence-electron chi connectivity index (χ0n) is 20.2. The highest BCUT2D eigenvalue weighted by Gasteiger charge is 2.35. The molecular formula is C28H22F3N3O3S. The Labute approximate surface area is 217 Å². The van der Waals surface area contributed by atoms with E-state index in [0.29, 0.717) is 34.7 Å². The molecule has 0 unspecified atom stereocenters. The molecule has 0 fully saturated rings. The summed E-state index contributed by atoms with van der Waals surface area (Å²) >= 11 is 0. The van der Waals surface area contributed by atoms with Crippen molar-refractivity contribution in [2.75, 3.05) is 5.75 Å². The minimum atomic E-state index is -4.62. The van der Waals surface area contributed by atoms with Gasteiger partial charge in [-0.3, -0.25) is 0 Å². The zero-order valence-corrected chi connectivity index (χ0v) is 21.0. The first kappa shape index (κ1) is 25.5. The first-order chi connectivity index (χ1) is 18.2. The number of nitrogens with zero attached hydrogens (tertiary/aromatic N) is 3. The van der Waals surface area contributed by atoms with Crippen molar-refractivity contribution in [3.05, 3.63) is 108 Å². The van der Waals surface area contributed by atoms with Crippen molar-refractivity contribution in [3.63, 3.8) is 0 Å². The van der Waals surface area contributed by atoms with Crippen LogP contribution in [0, 0.1) is 0 Å². The largest absolute Gasteiger partial charge is 0.457 e. The Morgan fingerprint density at radius 1 is 0.895 bits per heavy atom. The van der Waals surface area contributed by atoms with E-state index in [0.717, 1.165) is 22.3 Å². The number of fused-ring (bicyclic) bond motifs is 1. The van der Waals surface area contributed by atoms with Crippen LogP contribution in [0.2, 0.25) is 0 Å². The Morgan fingerprint density at radius 3 is 2.32 bits per heavy atom. The van der Waals surface area contributed by atoms with E-state index in [1.807, 2.05) is 30.3 Å². The van der Waals surface area contributed by atoms with Gasteiger partial charge in [-0.1, -0.05) is 55.5 Å².